The summed E-state index contributed by atoms with van der Waals surface area (Å²) in [5.41, 5.74) is 0. The zero-order chi connectivity index (χ0) is 14.5. The van der Waals surface area contributed by atoms with E-state index < -0.39 is 13.1 Å². The first kappa shape index (κ1) is 16.4. The van der Waals surface area contributed by atoms with E-state index >= 15 is 0 Å². The summed E-state index contributed by atoms with van der Waals surface area (Å²) in [5.74, 6) is 0. The summed E-state index contributed by atoms with van der Waals surface area (Å²) in [5, 5.41) is 12.5. The molecule has 0 bridgehead atoms. The van der Waals surface area contributed by atoms with Gasteiger partial charge in [0.25, 0.3) is 0 Å². The van der Waals surface area contributed by atoms with Gasteiger partial charge in [0, 0.05) is 0 Å². The molecule has 109 valence electrons. The average Bonchev–Trinajstić information content (AvgIpc) is 2.66. The predicted molar refractivity (Wildman–Crippen MR) is 87.8 cm³/mol. The fourth-order valence-corrected chi connectivity index (χ4v) is 7.41. The van der Waals surface area contributed by atoms with E-state index in [1.807, 2.05) is 0 Å². The Morgan fingerprint density at radius 2 is 1.21 bits per heavy atom. The van der Waals surface area contributed by atoms with E-state index in [9.17, 15) is 0 Å². The van der Waals surface area contributed by atoms with Gasteiger partial charge in [0.15, 0.2) is 0 Å². The van der Waals surface area contributed by atoms with E-state index in [-0.39, 0.29) is 0 Å². The van der Waals surface area contributed by atoms with E-state index in [0.717, 1.165) is 0 Å². The van der Waals surface area contributed by atoms with Crippen LogP contribution in [0.1, 0.15) is 19.3 Å². The second-order valence-electron chi connectivity index (χ2n) is 7.79. The van der Waals surface area contributed by atoms with E-state index in [1.54, 1.807) is 4.05 Å². The molecular formula is C18H30Re. The third-order valence-electron chi connectivity index (χ3n) is 3.05. The van der Waals surface area contributed by atoms with Crippen LogP contribution in [0.25, 0.3) is 0 Å². The van der Waals surface area contributed by atoms with Crippen molar-refractivity contribution in [3.05, 3.63) is 58.7 Å². The molecule has 2 rings (SSSR count). The van der Waals surface area contributed by atoms with Gasteiger partial charge in [-0.15, -0.1) is 0 Å². The SMILES string of the molecule is C1=C\C=C/CC\C=C/1.[CH3][Re]([CH3])([CH3])([CH3])([CH3])[C]1=CC=CC1. The molecule has 0 unspecified atom stereocenters. The molecule has 0 heterocycles. The van der Waals surface area contributed by atoms with Gasteiger partial charge < -0.3 is 0 Å². The standard InChI is InChI=1S/C8H10.C5H5.5CH3.Re/c1-2-4-6-8-7-5-3-1;1-2-4-5-3-1;;;;;;/h1-6H,7-8H2;1-3H,4H2;5*1H3;/b2-1-,5-3-,6-4-;;;;;;;. The van der Waals surface area contributed by atoms with Crippen LogP contribution >= 0.6 is 0 Å². The van der Waals surface area contributed by atoms with Crippen LogP contribution in [0.5, 0.6) is 0 Å². The van der Waals surface area contributed by atoms with Crippen LogP contribution in [0.15, 0.2) is 58.7 Å². The van der Waals surface area contributed by atoms with Crippen molar-refractivity contribution in [3.8, 4) is 0 Å². The Balaban J connectivity index is 0.000000200. The second-order valence-corrected chi connectivity index (χ2v) is 43.5. The summed E-state index contributed by atoms with van der Waals surface area (Å²) in [6.45, 7) is 0. The van der Waals surface area contributed by atoms with Gasteiger partial charge in [-0.2, -0.15) is 0 Å². The van der Waals surface area contributed by atoms with Gasteiger partial charge in [0.1, 0.15) is 0 Å². The third kappa shape index (κ3) is 6.90. The van der Waals surface area contributed by atoms with Crippen LogP contribution in [0.4, 0.5) is 0 Å². The molecule has 0 N–H and O–H groups in total. The van der Waals surface area contributed by atoms with Crippen molar-refractivity contribution in [1.29, 1.82) is 0 Å². The topological polar surface area (TPSA) is 0 Å². The summed E-state index contributed by atoms with van der Waals surface area (Å²) in [4.78, 5) is 0. The van der Waals surface area contributed by atoms with E-state index in [4.69, 9.17) is 0 Å². The molecule has 0 spiro atoms. The van der Waals surface area contributed by atoms with Crippen molar-refractivity contribution in [2.75, 3.05) is 0 Å². The maximum absolute atomic E-state index is 2.71. The van der Waals surface area contributed by atoms with Crippen molar-refractivity contribution >= 4 is 0 Å². The molecule has 0 radical (unpaired) electrons. The number of hydrogen-bond donors (Lipinski definition) is 0. The van der Waals surface area contributed by atoms with E-state index in [0.29, 0.717) is 0 Å². The Hall–Kier alpha value is -0.638. The van der Waals surface area contributed by atoms with Gasteiger partial charge in [-0.05, 0) is 12.8 Å². The molecule has 0 fully saturated rings. The van der Waals surface area contributed by atoms with Crippen LogP contribution in [-0.2, 0) is 13.1 Å². The van der Waals surface area contributed by atoms with Gasteiger partial charge in [0.05, 0.1) is 0 Å². The number of allylic oxidation sites excluding steroid dienone is 10. The molecular weight excluding hydrogens is 402 g/mol. The first-order valence-electron chi connectivity index (χ1n) is 6.78. The quantitative estimate of drug-likeness (QED) is 0.430. The summed E-state index contributed by atoms with van der Waals surface area (Å²) in [6, 6.07) is 0. The monoisotopic (exact) mass is 433 g/mol. The van der Waals surface area contributed by atoms with Crippen molar-refractivity contribution in [1.82, 2.24) is 0 Å². The molecule has 0 amide bonds. The molecule has 0 aliphatic heterocycles. The van der Waals surface area contributed by atoms with Gasteiger partial charge in [-0.25, -0.2) is 0 Å². The zero-order valence-corrected chi connectivity index (χ0v) is 15.9. The van der Waals surface area contributed by atoms with Crippen molar-refractivity contribution in [3.63, 3.8) is 0 Å². The molecule has 2 aliphatic carbocycles. The van der Waals surface area contributed by atoms with Gasteiger partial charge in [0.2, 0.25) is 0 Å². The van der Waals surface area contributed by atoms with Gasteiger partial charge in [-0.1, -0.05) is 36.5 Å². The minimum absolute atomic E-state index is 1.18. The fourth-order valence-electron chi connectivity index (χ4n) is 1.79. The summed E-state index contributed by atoms with van der Waals surface area (Å²) >= 11 is -2.71. The summed E-state index contributed by atoms with van der Waals surface area (Å²) in [6.07, 6.45) is 23.0. The van der Waals surface area contributed by atoms with Crippen LogP contribution in [-0.4, -0.2) is 0 Å². The van der Waals surface area contributed by atoms with Crippen LogP contribution in [0.3, 0.4) is 0 Å². The maximum atomic E-state index is 2.49. The molecule has 1 heteroatoms. The molecule has 0 aromatic heterocycles. The zero-order valence-electron chi connectivity index (χ0n) is 13.2. The summed E-state index contributed by atoms with van der Waals surface area (Å²) in [7, 11) is 0. The van der Waals surface area contributed by atoms with Crippen molar-refractivity contribution in [2.45, 2.75) is 46.2 Å². The van der Waals surface area contributed by atoms with Gasteiger partial charge in [-0.3, -0.25) is 0 Å². The van der Waals surface area contributed by atoms with Crippen LogP contribution < -0.4 is 0 Å². The Morgan fingerprint density at radius 3 is 1.53 bits per heavy atom. The first-order valence-corrected chi connectivity index (χ1v) is 21.7. The molecule has 2 aliphatic rings. The Bertz CT molecular complexity index is 431. The Kier molecular flexibility index (Phi) is 4.66. The predicted octanol–water partition coefficient (Wildman–Crippen LogP) is 6.74. The van der Waals surface area contributed by atoms with Gasteiger partial charge >= 0.3 is 68.8 Å². The Labute approximate surface area is 118 Å². The van der Waals surface area contributed by atoms with Crippen LogP contribution in [0.2, 0.25) is 27.0 Å². The molecule has 0 atom stereocenters. The molecule has 19 heavy (non-hydrogen) atoms. The average molecular weight is 433 g/mol. The van der Waals surface area contributed by atoms with Crippen molar-refractivity contribution < 1.29 is 13.1 Å². The van der Waals surface area contributed by atoms with Crippen molar-refractivity contribution in [2.24, 2.45) is 0 Å². The van der Waals surface area contributed by atoms with E-state index in [1.165, 1.54) is 19.3 Å². The molecule has 0 saturated heterocycles. The first-order chi connectivity index (χ1) is 8.59. The molecule has 0 aromatic carbocycles. The fraction of sp³-hybridized carbons (Fsp3) is 0.444. The third-order valence-corrected chi connectivity index (χ3v) is 12.8. The minimum atomic E-state index is -2.71. The normalized spacial score (nSPS) is 26.7. The van der Waals surface area contributed by atoms with E-state index in [2.05, 4.69) is 81.7 Å². The number of hydrogen-bond acceptors (Lipinski definition) is 0. The molecule has 0 nitrogen and oxygen atoms in total. The van der Waals surface area contributed by atoms with Crippen LogP contribution in [0, 0.1) is 0 Å². The molecule has 0 aromatic rings. The molecule has 0 saturated carbocycles. The Morgan fingerprint density at radius 1 is 0.684 bits per heavy atom. The second kappa shape index (κ2) is 5.39. The summed E-state index contributed by atoms with van der Waals surface area (Å²) < 4.78 is 1.71. The number of rotatable bonds is 1.